The topological polar surface area (TPSA) is 96.5 Å². The molecule has 0 bridgehead atoms. The van der Waals surface area contributed by atoms with Crippen LogP contribution >= 0.6 is 0 Å². The van der Waals surface area contributed by atoms with Gasteiger partial charge in [0.25, 0.3) is 5.69 Å². The number of nitro benzene ring substituents is 1. The van der Waals surface area contributed by atoms with Gasteiger partial charge in [0.2, 0.25) is 0 Å². The van der Waals surface area contributed by atoms with Crippen molar-refractivity contribution in [2.45, 2.75) is 26.1 Å². The largest absolute Gasteiger partial charge is 0.390 e. The van der Waals surface area contributed by atoms with Gasteiger partial charge in [-0.1, -0.05) is 12.1 Å². The van der Waals surface area contributed by atoms with Crippen LogP contribution in [0.25, 0.3) is 0 Å². The average Bonchev–Trinajstić information content (AvgIpc) is 2.52. The predicted molar refractivity (Wildman–Crippen MR) is 76.6 cm³/mol. The molecule has 1 heterocycles. The zero-order valence-electron chi connectivity index (χ0n) is 11.4. The first-order valence-corrected chi connectivity index (χ1v) is 6.56. The molecule has 0 unspecified atom stereocenters. The van der Waals surface area contributed by atoms with Crippen molar-refractivity contribution in [3.63, 3.8) is 0 Å². The molecule has 0 radical (unpaired) electrons. The number of rotatable bonds is 6. The highest BCUT2D eigenvalue weighted by molar-refractivity contribution is 5.33. The summed E-state index contributed by atoms with van der Waals surface area (Å²) >= 11 is 0. The molecular formula is C15H16N2O4. The predicted octanol–water partition coefficient (Wildman–Crippen LogP) is 1.76. The van der Waals surface area contributed by atoms with Crippen molar-refractivity contribution in [2.24, 2.45) is 0 Å². The Balaban J connectivity index is 2.06. The van der Waals surface area contributed by atoms with Gasteiger partial charge < -0.3 is 10.2 Å². The number of aliphatic hydroxyl groups excluding tert-OH is 2. The van der Waals surface area contributed by atoms with Crippen LogP contribution in [0.5, 0.6) is 0 Å². The monoisotopic (exact) mass is 288 g/mol. The Morgan fingerprint density at radius 2 is 1.48 bits per heavy atom. The summed E-state index contributed by atoms with van der Waals surface area (Å²) in [5.41, 5.74) is 3.10. The highest BCUT2D eigenvalue weighted by Crippen LogP contribution is 2.15. The number of aromatic nitrogens is 1. The van der Waals surface area contributed by atoms with E-state index in [9.17, 15) is 10.1 Å². The van der Waals surface area contributed by atoms with Crippen LogP contribution in [0.2, 0.25) is 0 Å². The van der Waals surface area contributed by atoms with E-state index >= 15 is 0 Å². The zero-order valence-corrected chi connectivity index (χ0v) is 11.4. The third-order valence-corrected chi connectivity index (χ3v) is 3.16. The van der Waals surface area contributed by atoms with Gasteiger partial charge in [-0.3, -0.25) is 15.1 Å². The third-order valence-electron chi connectivity index (χ3n) is 3.16. The van der Waals surface area contributed by atoms with Gasteiger partial charge in [0.05, 0.1) is 29.5 Å². The lowest BCUT2D eigenvalue weighted by Gasteiger charge is -2.06. The van der Waals surface area contributed by atoms with Crippen molar-refractivity contribution in [1.29, 1.82) is 0 Å². The molecule has 21 heavy (non-hydrogen) atoms. The molecule has 1 aromatic heterocycles. The second-order valence-electron chi connectivity index (χ2n) is 4.70. The summed E-state index contributed by atoms with van der Waals surface area (Å²) in [6.07, 6.45) is 1.43. The van der Waals surface area contributed by atoms with Crippen molar-refractivity contribution in [3.8, 4) is 0 Å². The summed E-state index contributed by atoms with van der Waals surface area (Å²) in [6, 6.07) is 10.0. The summed E-state index contributed by atoms with van der Waals surface area (Å²) in [4.78, 5) is 14.2. The van der Waals surface area contributed by atoms with Gasteiger partial charge >= 0.3 is 0 Å². The molecule has 0 amide bonds. The normalized spacial score (nSPS) is 10.6. The third kappa shape index (κ3) is 4.08. The Labute approximate surface area is 121 Å². The fourth-order valence-corrected chi connectivity index (χ4v) is 2.10. The lowest BCUT2D eigenvalue weighted by Crippen LogP contribution is -2.00. The Morgan fingerprint density at radius 1 is 0.952 bits per heavy atom. The fraction of sp³-hybridized carbons (Fsp3) is 0.267. The maximum absolute atomic E-state index is 10.6. The molecule has 110 valence electrons. The van der Waals surface area contributed by atoms with E-state index in [0.29, 0.717) is 17.8 Å². The Bertz CT molecular complexity index is 604. The molecule has 0 saturated heterocycles. The minimum atomic E-state index is -0.423. The molecule has 0 saturated carbocycles. The number of hydrogen-bond acceptors (Lipinski definition) is 5. The molecule has 0 aliphatic heterocycles. The maximum atomic E-state index is 10.6. The minimum absolute atomic E-state index is 0.0767. The van der Waals surface area contributed by atoms with E-state index in [0.717, 1.165) is 17.5 Å². The molecule has 0 atom stereocenters. The number of nitro groups is 1. The number of nitrogens with zero attached hydrogens (tertiary/aromatic N) is 2. The maximum Gasteiger partial charge on any atom is 0.269 e. The van der Waals surface area contributed by atoms with Gasteiger partial charge in [-0.2, -0.15) is 0 Å². The summed E-state index contributed by atoms with van der Waals surface area (Å²) in [7, 11) is 0. The highest BCUT2D eigenvalue weighted by Gasteiger charge is 2.05. The van der Waals surface area contributed by atoms with Crippen molar-refractivity contribution in [1.82, 2.24) is 4.98 Å². The van der Waals surface area contributed by atoms with E-state index in [1.165, 1.54) is 12.1 Å². The molecule has 6 heteroatoms. The number of aliphatic hydroxyl groups is 2. The summed E-state index contributed by atoms with van der Waals surface area (Å²) in [6.45, 7) is -0.337. The zero-order chi connectivity index (χ0) is 15.2. The Hall–Kier alpha value is -2.31. The van der Waals surface area contributed by atoms with Gasteiger partial charge in [0.15, 0.2) is 0 Å². The van der Waals surface area contributed by atoms with Crippen molar-refractivity contribution in [3.05, 3.63) is 69.0 Å². The van der Waals surface area contributed by atoms with E-state index in [1.807, 2.05) is 0 Å². The molecule has 2 rings (SSSR count). The van der Waals surface area contributed by atoms with Gasteiger partial charge in [-0.25, -0.2) is 0 Å². The molecule has 0 spiro atoms. The molecule has 0 aliphatic carbocycles. The van der Waals surface area contributed by atoms with Crippen LogP contribution in [-0.4, -0.2) is 20.1 Å². The molecule has 2 aromatic rings. The van der Waals surface area contributed by atoms with E-state index in [4.69, 9.17) is 10.2 Å². The van der Waals surface area contributed by atoms with Crippen LogP contribution in [0.4, 0.5) is 5.69 Å². The molecule has 6 nitrogen and oxygen atoms in total. The van der Waals surface area contributed by atoms with Crippen LogP contribution in [0.3, 0.4) is 0 Å². The van der Waals surface area contributed by atoms with Crippen molar-refractivity contribution < 1.29 is 15.1 Å². The van der Waals surface area contributed by atoms with Gasteiger partial charge in [-0.15, -0.1) is 0 Å². The lowest BCUT2D eigenvalue weighted by atomic mass is 10.0. The smallest absolute Gasteiger partial charge is 0.269 e. The van der Waals surface area contributed by atoms with Crippen LogP contribution in [-0.2, 0) is 26.1 Å². The molecular weight excluding hydrogens is 272 g/mol. The number of aryl methyl sites for hydroxylation is 2. The first-order chi connectivity index (χ1) is 10.1. The Morgan fingerprint density at radius 3 is 1.95 bits per heavy atom. The molecule has 1 aromatic carbocycles. The van der Waals surface area contributed by atoms with Gasteiger partial charge in [-0.05, 0) is 36.1 Å². The molecule has 0 fully saturated rings. The van der Waals surface area contributed by atoms with E-state index < -0.39 is 4.92 Å². The summed E-state index contributed by atoms with van der Waals surface area (Å²) < 4.78 is 0. The first kappa shape index (κ1) is 15.1. The number of non-ortho nitro benzene ring substituents is 1. The van der Waals surface area contributed by atoms with Crippen molar-refractivity contribution in [2.75, 3.05) is 0 Å². The Kier molecular flexibility index (Phi) is 4.97. The van der Waals surface area contributed by atoms with Crippen molar-refractivity contribution >= 4 is 5.69 Å². The quantitative estimate of drug-likeness (QED) is 0.623. The van der Waals surface area contributed by atoms with E-state index in [1.54, 1.807) is 24.3 Å². The molecule has 2 N–H and O–H groups in total. The second-order valence-corrected chi connectivity index (χ2v) is 4.70. The van der Waals surface area contributed by atoms with E-state index in [-0.39, 0.29) is 18.9 Å². The lowest BCUT2D eigenvalue weighted by molar-refractivity contribution is -0.384. The van der Waals surface area contributed by atoms with Gasteiger partial charge in [0.1, 0.15) is 0 Å². The second kappa shape index (κ2) is 6.92. The first-order valence-electron chi connectivity index (χ1n) is 6.56. The number of benzene rings is 1. The summed E-state index contributed by atoms with van der Waals surface area (Å²) in [5.74, 6) is 0. The fourth-order valence-electron chi connectivity index (χ4n) is 2.10. The minimum Gasteiger partial charge on any atom is -0.390 e. The van der Waals surface area contributed by atoms with Crippen LogP contribution in [0.1, 0.15) is 22.5 Å². The number of hydrogen-bond donors (Lipinski definition) is 2. The molecule has 0 aliphatic rings. The van der Waals surface area contributed by atoms with Crippen LogP contribution in [0.15, 0.2) is 36.4 Å². The standard InChI is InChI=1S/C15H16N2O4/c18-9-13-7-12(8-14(10-19)16-13)2-1-11-3-5-15(6-4-11)17(20)21/h3-8,18-19H,1-2,9-10H2. The highest BCUT2D eigenvalue weighted by atomic mass is 16.6. The average molecular weight is 288 g/mol. The van der Waals surface area contributed by atoms with Gasteiger partial charge in [0, 0.05) is 12.1 Å². The number of pyridine rings is 1. The SMILES string of the molecule is O=[N+]([O-])c1ccc(CCc2cc(CO)nc(CO)c2)cc1. The summed E-state index contributed by atoms with van der Waals surface area (Å²) in [5, 5.41) is 28.9. The van der Waals surface area contributed by atoms with E-state index in [2.05, 4.69) is 4.98 Å². The van der Waals surface area contributed by atoms with Crippen LogP contribution in [0, 0.1) is 10.1 Å². The van der Waals surface area contributed by atoms with Crippen LogP contribution < -0.4 is 0 Å².